The van der Waals surface area contributed by atoms with E-state index in [0.717, 1.165) is 12.1 Å². The molecule has 18 heavy (non-hydrogen) atoms. The third-order valence-electron chi connectivity index (χ3n) is 2.50. The lowest BCUT2D eigenvalue weighted by molar-refractivity contribution is 0.634. The molecule has 0 amide bonds. The van der Waals surface area contributed by atoms with Crippen molar-refractivity contribution in [2.75, 3.05) is 0 Å². The quantitative estimate of drug-likeness (QED) is 0.812. The standard InChI is InChI=1S/C12H14Cl2N4/c1-7(2)4-8-5-9(13)17-11(16-8)12-15-6-10(14)18(12)3/h5-7H,4H2,1-3H3. The van der Waals surface area contributed by atoms with Gasteiger partial charge in [-0.05, 0) is 18.4 Å². The lowest BCUT2D eigenvalue weighted by Gasteiger charge is -2.07. The van der Waals surface area contributed by atoms with E-state index in [-0.39, 0.29) is 0 Å². The summed E-state index contributed by atoms with van der Waals surface area (Å²) in [5.41, 5.74) is 0.916. The van der Waals surface area contributed by atoms with Crippen LogP contribution in [0.1, 0.15) is 19.5 Å². The van der Waals surface area contributed by atoms with Gasteiger partial charge in [0.15, 0.2) is 11.6 Å². The van der Waals surface area contributed by atoms with Crippen LogP contribution in [-0.4, -0.2) is 19.5 Å². The van der Waals surface area contributed by atoms with E-state index >= 15 is 0 Å². The summed E-state index contributed by atoms with van der Waals surface area (Å²) >= 11 is 12.0. The van der Waals surface area contributed by atoms with Crippen molar-refractivity contribution in [3.05, 3.63) is 28.3 Å². The van der Waals surface area contributed by atoms with Crippen LogP contribution in [0.4, 0.5) is 0 Å². The van der Waals surface area contributed by atoms with Gasteiger partial charge < -0.3 is 4.57 Å². The topological polar surface area (TPSA) is 43.6 Å². The molecule has 0 aromatic carbocycles. The molecule has 0 saturated carbocycles. The predicted molar refractivity (Wildman–Crippen MR) is 72.8 cm³/mol. The molecule has 2 aromatic heterocycles. The van der Waals surface area contributed by atoms with Crippen molar-refractivity contribution in [1.29, 1.82) is 0 Å². The normalized spacial score (nSPS) is 11.2. The Morgan fingerprint density at radius 2 is 2.00 bits per heavy atom. The molecule has 0 bridgehead atoms. The molecule has 6 heteroatoms. The summed E-state index contributed by atoms with van der Waals surface area (Å²) < 4.78 is 1.73. The van der Waals surface area contributed by atoms with Crippen LogP contribution in [0.2, 0.25) is 10.3 Å². The molecule has 0 radical (unpaired) electrons. The fourth-order valence-electron chi connectivity index (χ4n) is 1.68. The summed E-state index contributed by atoms with van der Waals surface area (Å²) in [7, 11) is 1.82. The summed E-state index contributed by atoms with van der Waals surface area (Å²) in [6.07, 6.45) is 2.43. The van der Waals surface area contributed by atoms with E-state index in [0.29, 0.717) is 27.9 Å². The predicted octanol–water partition coefficient (Wildman–Crippen LogP) is 3.38. The van der Waals surface area contributed by atoms with Crippen molar-refractivity contribution in [3.63, 3.8) is 0 Å². The third kappa shape index (κ3) is 2.82. The van der Waals surface area contributed by atoms with Gasteiger partial charge in [0, 0.05) is 12.7 Å². The molecular formula is C12H14Cl2N4. The van der Waals surface area contributed by atoms with E-state index < -0.39 is 0 Å². The van der Waals surface area contributed by atoms with Crippen LogP contribution in [0, 0.1) is 5.92 Å². The monoisotopic (exact) mass is 284 g/mol. The molecule has 96 valence electrons. The zero-order valence-corrected chi connectivity index (χ0v) is 12.0. The van der Waals surface area contributed by atoms with E-state index in [1.165, 1.54) is 0 Å². The van der Waals surface area contributed by atoms with Gasteiger partial charge in [-0.1, -0.05) is 37.0 Å². The minimum Gasteiger partial charge on any atom is -0.316 e. The number of aromatic nitrogens is 4. The molecule has 0 aliphatic heterocycles. The number of imidazole rings is 1. The van der Waals surface area contributed by atoms with Crippen molar-refractivity contribution in [1.82, 2.24) is 19.5 Å². The van der Waals surface area contributed by atoms with Crippen LogP contribution in [0.5, 0.6) is 0 Å². The second-order valence-electron chi connectivity index (χ2n) is 4.57. The SMILES string of the molecule is CC(C)Cc1cc(Cl)nc(-c2ncc(Cl)n2C)n1. The molecule has 0 unspecified atom stereocenters. The second kappa shape index (κ2) is 5.24. The minimum atomic E-state index is 0.426. The molecule has 0 aliphatic carbocycles. The van der Waals surface area contributed by atoms with E-state index in [4.69, 9.17) is 23.2 Å². The average Bonchev–Trinajstić information content (AvgIpc) is 2.58. The number of halogens is 2. The molecule has 0 fully saturated rings. The summed E-state index contributed by atoms with van der Waals surface area (Å²) in [5, 5.41) is 0.966. The van der Waals surface area contributed by atoms with Crippen molar-refractivity contribution < 1.29 is 0 Å². The van der Waals surface area contributed by atoms with Crippen LogP contribution in [0.15, 0.2) is 12.3 Å². The summed E-state index contributed by atoms with van der Waals surface area (Å²) in [4.78, 5) is 12.9. The maximum absolute atomic E-state index is 6.02. The summed E-state index contributed by atoms with van der Waals surface area (Å²) in [6.45, 7) is 4.26. The molecule has 0 N–H and O–H groups in total. The molecule has 0 atom stereocenters. The van der Waals surface area contributed by atoms with Crippen LogP contribution in [0.25, 0.3) is 11.6 Å². The van der Waals surface area contributed by atoms with Gasteiger partial charge in [0.1, 0.15) is 10.3 Å². The highest BCUT2D eigenvalue weighted by Gasteiger charge is 2.13. The lowest BCUT2D eigenvalue weighted by atomic mass is 10.1. The highest BCUT2D eigenvalue weighted by Crippen LogP contribution is 2.20. The average molecular weight is 285 g/mol. The van der Waals surface area contributed by atoms with E-state index in [1.54, 1.807) is 16.8 Å². The third-order valence-corrected chi connectivity index (χ3v) is 3.04. The molecule has 4 nitrogen and oxygen atoms in total. The van der Waals surface area contributed by atoms with Gasteiger partial charge in [0.05, 0.1) is 6.20 Å². The van der Waals surface area contributed by atoms with Crippen molar-refractivity contribution in [3.8, 4) is 11.6 Å². The van der Waals surface area contributed by atoms with Gasteiger partial charge in [-0.15, -0.1) is 0 Å². The second-order valence-corrected chi connectivity index (χ2v) is 5.34. The molecule has 0 spiro atoms. The maximum Gasteiger partial charge on any atom is 0.197 e. The Morgan fingerprint density at radius 1 is 1.28 bits per heavy atom. The zero-order valence-electron chi connectivity index (χ0n) is 10.5. The molecule has 2 rings (SSSR count). The number of hydrogen-bond acceptors (Lipinski definition) is 3. The van der Waals surface area contributed by atoms with Gasteiger partial charge >= 0.3 is 0 Å². The largest absolute Gasteiger partial charge is 0.316 e. The molecule has 0 aliphatic rings. The van der Waals surface area contributed by atoms with Gasteiger partial charge in [0.2, 0.25) is 0 Å². The molecule has 2 aromatic rings. The fourth-order valence-corrected chi connectivity index (χ4v) is 2.02. The maximum atomic E-state index is 6.02. The Morgan fingerprint density at radius 3 is 2.56 bits per heavy atom. The zero-order chi connectivity index (χ0) is 13.3. The first-order valence-corrected chi connectivity index (χ1v) is 6.44. The van der Waals surface area contributed by atoms with Crippen LogP contribution in [-0.2, 0) is 13.5 Å². The Labute approximate surface area is 116 Å². The van der Waals surface area contributed by atoms with Gasteiger partial charge in [-0.25, -0.2) is 15.0 Å². The number of nitrogens with zero attached hydrogens (tertiary/aromatic N) is 4. The molecular weight excluding hydrogens is 271 g/mol. The highest BCUT2D eigenvalue weighted by molar-refractivity contribution is 6.30. The summed E-state index contributed by atoms with van der Waals surface area (Å²) in [6, 6.07) is 1.79. The first-order chi connectivity index (χ1) is 8.47. The number of hydrogen-bond donors (Lipinski definition) is 0. The summed E-state index contributed by atoms with van der Waals surface area (Å²) in [5.74, 6) is 1.63. The fraction of sp³-hybridized carbons (Fsp3) is 0.417. The Kier molecular flexibility index (Phi) is 3.88. The smallest absolute Gasteiger partial charge is 0.197 e. The minimum absolute atomic E-state index is 0.426. The molecule has 0 saturated heterocycles. The highest BCUT2D eigenvalue weighted by atomic mass is 35.5. The van der Waals surface area contributed by atoms with Crippen molar-refractivity contribution in [2.24, 2.45) is 13.0 Å². The van der Waals surface area contributed by atoms with Gasteiger partial charge in [-0.3, -0.25) is 0 Å². The van der Waals surface area contributed by atoms with E-state index in [9.17, 15) is 0 Å². The Bertz CT molecular complexity index is 563. The van der Waals surface area contributed by atoms with Crippen molar-refractivity contribution >= 4 is 23.2 Å². The van der Waals surface area contributed by atoms with Crippen LogP contribution >= 0.6 is 23.2 Å². The first-order valence-electron chi connectivity index (χ1n) is 5.68. The number of rotatable bonds is 3. The first kappa shape index (κ1) is 13.3. The van der Waals surface area contributed by atoms with Crippen LogP contribution in [0.3, 0.4) is 0 Å². The Hall–Kier alpha value is -1.13. The van der Waals surface area contributed by atoms with Gasteiger partial charge in [0.25, 0.3) is 0 Å². The van der Waals surface area contributed by atoms with Crippen LogP contribution < -0.4 is 0 Å². The van der Waals surface area contributed by atoms with Gasteiger partial charge in [-0.2, -0.15) is 0 Å². The lowest BCUT2D eigenvalue weighted by Crippen LogP contribution is -2.03. The van der Waals surface area contributed by atoms with E-state index in [2.05, 4.69) is 28.8 Å². The van der Waals surface area contributed by atoms with Crippen molar-refractivity contribution in [2.45, 2.75) is 20.3 Å². The Balaban J connectivity index is 2.45. The molecule has 2 heterocycles. The van der Waals surface area contributed by atoms with E-state index in [1.807, 2.05) is 7.05 Å².